The lowest BCUT2D eigenvalue weighted by Gasteiger charge is -2.41. The zero-order chi connectivity index (χ0) is 15.6. The Bertz CT molecular complexity index is 717. The normalized spacial score (nSPS) is 32.2. The highest BCUT2D eigenvalue weighted by atomic mass is 35.5. The number of hydrogen-bond donors (Lipinski definition) is 2. The van der Waals surface area contributed by atoms with Crippen LogP contribution in [0.5, 0.6) is 11.5 Å². The minimum atomic E-state index is -1.64. The molecule has 2 N–H and O–H groups in total. The molecule has 0 aliphatic carbocycles. The molecule has 4 aliphatic rings. The van der Waals surface area contributed by atoms with Crippen LogP contribution < -0.4 is 10.1 Å². The number of aromatic hydroxyl groups is 1. The average Bonchev–Trinajstić information content (AvgIpc) is 2.62. The van der Waals surface area contributed by atoms with Gasteiger partial charge in [-0.1, -0.05) is 33.2 Å². The van der Waals surface area contributed by atoms with Gasteiger partial charge in [-0.3, -0.25) is 14.4 Å². The van der Waals surface area contributed by atoms with E-state index in [1.807, 2.05) is 0 Å². The third-order valence-electron chi connectivity index (χ3n) is 3.73. The summed E-state index contributed by atoms with van der Waals surface area (Å²) in [5, 5.41) is 12.2. The standard InChI is InChI=1S/C12H9ClN2O5S2/c1-19-15-10(17)9-14-11(18)12(15)8(21-22-9)4-2-5(13)6(16)3-7(4)20-12/h2-3,8-9,16H,1H3,(H,14,18)/t8-,9-,12-/m0/s1. The zero-order valence-electron chi connectivity index (χ0n) is 11.0. The van der Waals surface area contributed by atoms with Crippen LogP contribution in [-0.4, -0.2) is 40.2 Å². The number of ether oxygens (including phenoxy) is 1. The van der Waals surface area contributed by atoms with Gasteiger partial charge in [0.1, 0.15) is 16.7 Å². The van der Waals surface area contributed by atoms with Crippen LogP contribution in [0.25, 0.3) is 0 Å². The molecule has 7 nitrogen and oxygen atoms in total. The highest BCUT2D eigenvalue weighted by Gasteiger charge is 2.67. The van der Waals surface area contributed by atoms with E-state index < -0.39 is 28.2 Å². The maximum atomic E-state index is 12.6. The van der Waals surface area contributed by atoms with E-state index in [2.05, 4.69) is 5.32 Å². The van der Waals surface area contributed by atoms with Crippen molar-refractivity contribution < 1.29 is 24.3 Å². The van der Waals surface area contributed by atoms with Crippen molar-refractivity contribution in [1.82, 2.24) is 10.4 Å². The Hall–Kier alpha value is -1.29. The fraction of sp³-hybridized carbons (Fsp3) is 0.333. The number of carbonyl (C=O) groups is 2. The second-order valence-electron chi connectivity index (χ2n) is 4.88. The molecule has 4 aliphatic heterocycles. The molecule has 2 bridgehead atoms. The molecule has 1 aromatic carbocycles. The van der Waals surface area contributed by atoms with Gasteiger partial charge in [0.15, 0.2) is 5.37 Å². The van der Waals surface area contributed by atoms with Gasteiger partial charge in [-0.15, -0.1) is 0 Å². The highest BCUT2D eigenvalue weighted by Crippen LogP contribution is 2.61. The number of nitrogens with zero attached hydrogens (tertiary/aromatic N) is 1. The lowest BCUT2D eigenvalue weighted by atomic mass is 10.0. The van der Waals surface area contributed by atoms with Gasteiger partial charge < -0.3 is 15.2 Å². The number of hydroxylamine groups is 2. The van der Waals surface area contributed by atoms with E-state index in [-0.39, 0.29) is 10.8 Å². The summed E-state index contributed by atoms with van der Waals surface area (Å²) in [7, 11) is 3.87. The molecule has 1 aromatic rings. The van der Waals surface area contributed by atoms with Crippen molar-refractivity contribution in [2.45, 2.75) is 16.3 Å². The largest absolute Gasteiger partial charge is 0.506 e. The van der Waals surface area contributed by atoms with Crippen LogP contribution in [-0.2, 0) is 14.4 Å². The molecule has 3 saturated heterocycles. The summed E-state index contributed by atoms with van der Waals surface area (Å²) in [5.41, 5.74) is -1.01. The van der Waals surface area contributed by atoms with Gasteiger partial charge in [-0.2, -0.15) is 5.06 Å². The molecule has 10 heteroatoms. The summed E-state index contributed by atoms with van der Waals surface area (Å²) in [4.78, 5) is 30.2. The summed E-state index contributed by atoms with van der Waals surface area (Å²) in [6.45, 7) is 0. The molecule has 0 unspecified atom stereocenters. The Morgan fingerprint density at radius 2 is 2.23 bits per heavy atom. The molecule has 2 amide bonds. The smallest absolute Gasteiger partial charge is 0.303 e. The second kappa shape index (κ2) is 4.60. The third-order valence-corrected chi connectivity index (χ3v) is 6.91. The SMILES string of the molecule is CON1C(=O)[C@H]2NC(=O)[C@]13Oc1cc(O)c(Cl)cc1[C@@H]3SS2. The molecule has 0 saturated carbocycles. The molecular formula is C12H9ClN2O5S2. The van der Waals surface area contributed by atoms with Crippen LogP contribution in [0.3, 0.4) is 0 Å². The molecule has 3 fully saturated rings. The number of rotatable bonds is 1. The van der Waals surface area contributed by atoms with Gasteiger partial charge >= 0.3 is 5.72 Å². The number of hydrogen-bond acceptors (Lipinski definition) is 7. The quantitative estimate of drug-likeness (QED) is 0.732. The van der Waals surface area contributed by atoms with Crippen molar-refractivity contribution in [2.24, 2.45) is 0 Å². The van der Waals surface area contributed by atoms with Crippen LogP contribution in [0.4, 0.5) is 0 Å². The Labute approximate surface area is 137 Å². The predicted molar refractivity (Wildman–Crippen MR) is 80.2 cm³/mol. The first-order valence-corrected chi connectivity index (χ1v) is 8.87. The molecule has 0 radical (unpaired) electrons. The molecule has 22 heavy (non-hydrogen) atoms. The lowest BCUT2D eigenvalue weighted by Crippen LogP contribution is -2.71. The predicted octanol–water partition coefficient (Wildman–Crippen LogP) is 1.42. The summed E-state index contributed by atoms with van der Waals surface area (Å²) < 4.78 is 5.80. The first-order chi connectivity index (χ1) is 10.5. The van der Waals surface area contributed by atoms with E-state index in [4.69, 9.17) is 21.2 Å². The van der Waals surface area contributed by atoms with E-state index >= 15 is 0 Å². The fourth-order valence-corrected chi connectivity index (χ4v) is 5.92. The number of amides is 2. The molecule has 3 atom stereocenters. The minimum Gasteiger partial charge on any atom is -0.506 e. The van der Waals surface area contributed by atoms with Gasteiger partial charge in [-0.25, -0.2) is 0 Å². The van der Waals surface area contributed by atoms with Crippen LogP contribution >= 0.6 is 33.2 Å². The van der Waals surface area contributed by atoms with Crippen molar-refractivity contribution in [3.05, 3.63) is 22.7 Å². The molecule has 0 aromatic heterocycles. The van der Waals surface area contributed by atoms with E-state index in [0.717, 1.165) is 5.06 Å². The van der Waals surface area contributed by atoms with Gasteiger partial charge in [0.2, 0.25) is 0 Å². The molecule has 5 rings (SSSR count). The molecule has 4 heterocycles. The maximum Gasteiger partial charge on any atom is 0.303 e. The summed E-state index contributed by atoms with van der Waals surface area (Å²) >= 11 is 5.96. The first kappa shape index (κ1) is 14.3. The van der Waals surface area contributed by atoms with Crippen LogP contribution in [0.2, 0.25) is 5.02 Å². The molecule has 116 valence electrons. The average molecular weight is 361 g/mol. The van der Waals surface area contributed by atoms with Gasteiger partial charge in [0.25, 0.3) is 11.8 Å². The van der Waals surface area contributed by atoms with Crippen molar-refractivity contribution in [1.29, 1.82) is 0 Å². The number of phenolic OH excluding ortho intramolecular Hbond substituents is 1. The zero-order valence-corrected chi connectivity index (χ0v) is 13.4. The first-order valence-electron chi connectivity index (χ1n) is 6.21. The number of carbonyl (C=O) groups excluding carboxylic acids is 2. The van der Waals surface area contributed by atoms with Crippen molar-refractivity contribution in [3.63, 3.8) is 0 Å². The number of piperazine rings is 1. The number of phenols is 1. The van der Waals surface area contributed by atoms with Crippen LogP contribution in [0.15, 0.2) is 12.1 Å². The third kappa shape index (κ3) is 1.59. The van der Waals surface area contributed by atoms with E-state index in [9.17, 15) is 14.7 Å². The lowest BCUT2D eigenvalue weighted by molar-refractivity contribution is -0.252. The number of fused-ring (bicyclic) bond motifs is 4. The second-order valence-corrected chi connectivity index (χ2v) is 7.77. The number of nitrogens with one attached hydrogen (secondary N) is 1. The molecular weight excluding hydrogens is 352 g/mol. The van der Waals surface area contributed by atoms with Crippen molar-refractivity contribution >= 4 is 45.0 Å². The van der Waals surface area contributed by atoms with Crippen molar-refractivity contribution in [3.8, 4) is 11.5 Å². The Kier molecular flexibility index (Phi) is 3.00. The summed E-state index contributed by atoms with van der Waals surface area (Å²) in [5.74, 6) is -0.723. The minimum absolute atomic E-state index is 0.152. The van der Waals surface area contributed by atoms with E-state index in [1.54, 1.807) is 6.07 Å². The number of benzene rings is 1. The molecule has 1 spiro atoms. The van der Waals surface area contributed by atoms with E-state index in [1.165, 1.54) is 34.8 Å². The van der Waals surface area contributed by atoms with Gasteiger partial charge in [-0.05, 0) is 6.07 Å². The van der Waals surface area contributed by atoms with Crippen LogP contribution in [0.1, 0.15) is 10.8 Å². The fourth-order valence-electron chi connectivity index (χ4n) is 2.76. The van der Waals surface area contributed by atoms with Gasteiger partial charge in [0, 0.05) is 11.6 Å². The van der Waals surface area contributed by atoms with Crippen molar-refractivity contribution in [2.75, 3.05) is 7.11 Å². The number of halogens is 1. The highest BCUT2D eigenvalue weighted by molar-refractivity contribution is 8.77. The summed E-state index contributed by atoms with van der Waals surface area (Å²) in [6, 6.07) is 2.88. The topological polar surface area (TPSA) is 88.1 Å². The van der Waals surface area contributed by atoms with Crippen LogP contribution in [0, 0.1) is 0 Å². The Morgan fingerprint density at radius 3 is 2.95 bits per heavy atom. The monoisotopic (exact) mass is 360 g/mol. The Morgan fingerprint density at radius 1 is 1.45 bits per heavy atom. The summed E-state index contributed by atoms with van der Waals surface area (Å²) in [6.07, 6.45) is 0. The Balaban J connectivity index is 1.94. The maximum absolute atomic E-state index is 12.6. The van der Waals surface area contributed by atoms with Gasteiger partial charge in [0.05, 0.1) is 12.1 Å². The van der Waals surface area contributed by atoms with E-state index in [0.29, 0.717) is 11.3 Å².